The third-order valence-electron chi connectivity index (χ3n) is 5.63. The summed E-state index contributed by atoms with van der Waals surface area (Å²) in [5, 5.41) is 2.96. The van der Waals surface area contributed by atoms with Crippen molar-refractivity contribution in [2.75, 3.05) is 26.7 Å². The van der Waals surface area contributed by atoms with Gasteiger partial charge < -0.3 is 15.0 Å². The maximum absolute atomic E-state index is 13.2. The van der Waals surface area contributed by atoms with Crippen molar-refractivity contribution in [3.8, 4) is 16.9 Å². The molecule has 5 nitrogen and oxygen atoms in total. The first-order valence-electron chi connectivity index (χ1n) is 10.5. The van der Waals surface area contributed by atoms with Crippen LogP contribution in [-0.4, -0.2) is 43.5 Å². The minimum absolute atomic E-state index is 0.0135. The van der Waals surface area contributed by atoms with Crippen LogP contribution in [0.1, 0.15) is 15.9 Å². The predicted octanol–water partition coefficient (Wildman–Crippen LogP) is 3.79. The summed E-state index contributed by atoms with van der Waals surface area (Å²) in [4.78, 5) is 27.7. The van der Waals surface area contributed by atoms with Gasteiger partial charge in [0, 0.05) is 19.6 Å². The van der Waals surface area contributed by atoms with Crippen LogP contribution in [0.2, 0.25) is 0 Å². The van der Waals surface area contributed by atoms with Crippen LogP contribution in [0, 0.1) is 5.92 Å². The molecule has 3 aromatic carbocycles. The summed E-state index contributed by atoms with van der Waals surface area (Å²) < 4.78 is 5.36. The zero-order valence-electron chi connectivity index (χ0n) is 17.6. The molecule has 1 saturated heterocycles. The third-order valence-corrected chi connectivity index (χ3v) is 5.63. The van der Waals surface area contributed by atoms with Crippen LogP contribution in [0.5, 0.6) is 5.75 Å². The lowest BCUT2D eigenvalue weighted by Gasteiger charge is -2.24. The summed E-state index contributed by atoms with van der Waals surface area (Å²) in [5.74, 6) is 0.104. The number of nitrogens with zero attached hydrogens (tertiary/aromatic N) is 1. The number of amides is 2. The highest BCUT2D eigenvalue weighted by Crippen LogP contribution is 2.24. The van der Waals surface area contributed by atoms with Crippen molar-refractivity contribution in [1.82, 2.24) is 10.2 Å². The number of carbonyl (C=O) groups is 2. The Bertz CT molecular complexity index is 1070. The number of carbonyl (C=O) groups excluding carboxylic acids is 2. The summed E-state index contributed by atoms with van der Waals surface area (Å²) in [7, 11) is 1.56. The van der Waals surface area contributed by atoms with Gasteiger partial charge in [-0.25, -0.2) is 0 Å². The first-order valence-corrected chi connectivity index (χ1v) is 10.5. The molecular weight excluding hydrogens is 388 g/mol. The van der Waals surface area contributed by atoms with Gasteiger partial charge >= 0.3 is 0 Å². The van der Waals surface area contributed by atoms with E-state index in [0.29, 0.717) is 37.4 Å². The highest BCUT2D eigenvalue weighted by Gasteiger charge is 2.29. The number of hydrogen-bond donors (Lipinski definition) is 1. The Morgan fingerprint density at radius 1 is 1.00 bits per heavy atom. The molecule has 0 unspecified atom stereocenters. The number of nitrogens with one attached hydrogen (secondary N) is 1. The molecule has 31 heavy (non-hydrogen) atoms. The fourth-order valence-corrected chi connectivity index (χ4v) is 4.02. The normalized spacial score (nSPS) is 16.4. The number of hydrogen-bond acceptors (Lipinski definition) is 3. The minimum atomic E-state index is -0.313. The van der Waals surface area contributed by atoms with Crippen molar-refractivity contribution in [1.29, 1.82) is 0 Å². The second-order valence-electron chi connectivity index (χ2n) is 7.71. The summed E-state index contributed by atoms with van der Waals surface area (Å²) in [6, 6.07) is 25.6. The molecule has 1 heterocycles. The van der Waals surface area contributed by atoms with E-state index in [1.165, 1.54) is 0 Å². The van der Waals surface area contributed by atoms with Gasteiger partial charge in [-0.3, -0.25) is 9.59 Å². The molecule has 0 aliphatic carbocycles. The molecule has 5 heteroatoms. The Hall–Kier alpha value is -3.60. The van der Waals surface area contributed by atoms with Crippen LogP contribution in [0.3, 0.4) is 0 Å². The monoisotopic (exact) mass is 414 g/mol. The van der Waals surface area contributed by atoms with Gasteiger partial charge in [0.2, 0.25) is 5.91 Å². The van der Waals surface area contributed by atoms with Crippen molar-refractivity contribution < 1.29 is 14.3 Å². The summed E-state index contributed by atoms with van der Waals surface area (Å²) in [5.41, 5.74) is 3.86. The van der Waals surface area contributed by atoms with E-state index in [0.717, 1.165) is 16.7 Å². The van der Waals surface area contributed by atoms with Gasteiger partial charge in [-0.15, -0.1) is 0 Å². The largest absolute Gasteiger partial charge is 0.496 e. The number of para-hydroxylation sites is 1. The van der Waals surface area contributed by atoms with Gasteiger partial charge in [0.05, 0.1) is 18.6 Å². The van der Waals surface area contributed by atoms with E-state index < -0.39 is 0 Å². The van der Waals surface area contributed by atoms with Crippen LogP contribution < -0.4 is 10.1 Å². The molecule has 1 aliphatic heterocycles. The average Bonchev–Trinajstić information content (AvgIpc) is 3.00. The van der Waals surface area contributed by atoms with Crippen molar-refractivity contribution in [2.24, 2.45) is 5.92 Å². The molecule has 2 amide bonds. The molecular formula is C26H26N2O3. The molecule has 0 saturated carbocycles. The molecule has 3 aromatic rings. The molecule has 0 aromatic heterocycles. The van der Waals surface area contributed by atoms with Crippen molar-refractivity contribution >= 4 is 11.8 Å². The number of benzene rings is 3. The molecule has 1 N–H and O–H groups in total. The van der Waals surface area contributed by atoms with E-state index in [1.807, 2.05) is 42.5 Å². The highest BCUT2D eigenvalue weighted by atomic mass is 16.5. The molecule has 1 aliphatic rings. The van der Waals surface area contributed by atoms with E-state index in [1.54, 1.807) is 24.1 Å². The van der Waals surface area contributed by atoms with Crippen LogP contribution in [-0.2, 0) is 11.2 Å². The van der Waals surface area contributed by atoms with E-state index in [-0.39, 0.29) is 17.7 Å². The molecule has 158 valence electrons. The lowest BCUT2D eigenvalue weighted by atomic mass is 9.95. The smallest absolute Gasteiger partial charge is 0.257 e. The zero-order chi connectivity index (χ0) is 21.6. The van der Waals surface area contributed by atoms with Crippen molar-refractivity contribution in [2.45, 2.75) is 6.42 Å². The summed E-state index contributed by atoms with van der Waals surface area (Å²) in [6.45, 7) is 1.29. The topological polar surface area (TPSA) is 58.6 Å². The average molecular weight is 415 g/mol. The lowest BCUT2D eigenvalue weighted by molar-refractivity contribution is -0.124. The second-order valence-corrected chi connectivity index (χ2v) is 7.71. The Morgan fingerprint density at radius 2 is 1.74 bits per heavy atom. The Balaban J connectivity index is 1.54. The Morgan fingerprint density at radius 3 is 2.55 bits per heavy atom. The first-order chi connectivity index (χ1) is 15.2. The maximum Gasteiger partial charge on any atom is 0.257 e. The van der Waals surface area contributed by atoms with E-state index in [2.05, 4.69) is 29.6 Å². The van der Waals surface area contributed by atoms with E-state index in [9.17, 15) is 9.59 Å². The van der Waals surface area contributed by atoms with E-state index >= 15 is 0 Å². The van der Waals surface area contributed by atoms with Crippen LogP contribution >= 0.6 is 0 Å². The van der Waals surface area contributed by atoms with Gasteiger partial charge in [0.1, 0.15) is 5.75 Å². The number of ether oxygens (including phenoxy) is 1. The van der Waals surface area contributed by atoms with Crippen LogP contribution in [0.15, 0.2) is 78.9 Å². The Labute approximate surface area is 182 Å². The minimum Gasteiger partial charge on any atom is -0.496 e. The fourth-order valence-electron chi connectivity index (χ4n) is 4.02. The van der Waals surface area contributed by atoms with Crippen molar-refractivity contribution in [3.05, 3.63) is 90.0 Å². The standard InChI is InChI=1S/C26H26N2O3/c1-31-24-13-6-5-12-23(24)26(30)28-15-14-27-25(29)22(18-28)17-19-8-7-11-21(16-19)20-9-3-2-4-10-20/h2-13,16,22H,14-15,17-18H2,1H3,(H,27,29)/t22-/m0/s1. The molecule has 1 atom stereocenters. The fraction of sp³-hybridized carbons (Fsp3) is 0.231. The zero-order valence-corrected chi connectivity index (χ0v) is 17.6. The van der Waals surface area contributed by atoms with Gasteiger partial charge in [-0.05, 0) is 35.2 Å². The maximum atomic E-state index is 13.2. The van der Waals surface area contributed by atoms with Gasteiger partial charge in [-0.1, -0.05) is 66.7 Å². The van der Waals surface area contributed by atoms with Gasteiger partial charge in [0.15, 0.2) is 0 Å². The number of methoxy groups -OCH3 is 1. The quantitative estimate of drug-likeness (QED) is 0.691. The second kappa shape index (κ2) is 9.47. The SMILES string of the molecule is COc1ccccc1C(=O)N1CCNC(=O)[C@@H](Cc2cccc(-c3ccccc3)c2)C1. The highest BCUT2D eigenvalue weighted by molar-refractivity contribution is 5.97. The van der Waals surface area contributed by atoms with Gasteiger partial charge in [-0.2, -0.15) is 0 Å². The molecule has 0 bridgehead atoms. The molecule has 1 fully saturated rings. The summed E-state index contributed by atoms with van der Waals surface area (Å²) in [6.07, 6.45) is 0.572. The lowest BCUT2D eigenvalue weighted by Crippen LogP contribution is -2.37. The molecule has 0 radical (unpaired) electrons. The van der Waals surface area contributed by atoms with Gasteiger partial charge in [0.25, 0.3) is 5.91 Å². The van der Waals surface area contributed by atoms with E-state index in [4.69, 9.17) is 4.74 Å². The third kappa shape index (κ3) is 4.77. The summed E-state index contributed by atoms with van der Waals surface area (Å²) >= 11 is 0. The Kier molecular flexibility index (Phi) is 6.32. The molecule has 4 rings (SSSR count). The first kappa shape index (κ1) is 20.7. The molecule has 0 spiro atoms. The van der Waals surface area contributed by atoms with Crippen LogP contribution in [0.25, 0.3) is 11.1 Å². The van der Waals surface area contributed by atoms with Crippen molar-refractivity contribution in [3.63, 3.8) is 0 Å². The predicted molar refractivity (Wildman–Crippen MR) is 121 cm³/mol. The van der Waals surface area contributed by atoms with Crippen LogP contribution in [0.4, 0.5) is 0 Å². The number of rotatable bonds is 5.